The predicted molar refractivity (Wildman–Crippen MR) is 75.4 cm³/mol. The van der Waals surface area contributed by atoms with Gasteiger partial charge in [-0.15, -0.1) is 0 Å². The second kappa shape index (κ2) is 6.92. The maximum atomic E-state index is 5.95. The fourth-order valence-corrected chi connectivity index (χ4v) is 6.98. The van der Waals surface area contributed by atoms with Crippen LogP contribution in [0.3, 0.4) is 0 Å². The molecule has 2 rings (SSSR count). The van der Waals surface area contributed by atoms with Gasteiger partial charge in [-0.1, -0.05) is 0 Å². The van der Waals surface area contributed by atoms with Gasteiger partial charge < -0.3 is 0 Å². The quantitative estimate of drug-likeness (QED) is 0.376. The minimum absolute atomic E-state index is 0.245. The molecule has 0 aromatic carbocycles. The number of pyridine rings is 1. The summed E-state index contributed by atoms with van der Waals surface area (Å²) in [6.07, 6.45) is 12.1. The molecule has 0 saturated carbocycles. The molecule has 2 unspecified atom stereocenters. The molecule has 1 aliphatic carbocycles. The Morgan fingerprint density at radius 2 is 2.12 bits per heavy atom. The monoisotopic (exact) mass is 457 g/mol. The third-order valence-corrected chi connectivity index (χ3v) is 10.9. The summed E-state index contributed by atoms with van der Waals surface area (Å²) in [5, 5.41) is 0. The van der Waals surface area contributed by atoms with Crippen molar-refractivity contribution in [1.29, 1.82) is 0 Å². The molecule has 0 fully saturated rings. The van der Waals surface area contributed by atoms with Gasteiger partial charge in [0.25, 0.3) is 0 Å². The molecule has 0 amide bonds. The van der Waals surface area contributed by atoms with Crippen molar-refractivity contribution in [3.63, 3.8) is 0 Å². The van der Waals surface area contributed by atoms with Crippen LogP contribution in [0.4, 0.5) is 0 Å². The Morgan fingerprint density at radius 1 is 1.35 bits per heavy atom. The van der Waals surface area contributed by atoms with Gasteiger partial charge in [-0.3, -0.25) is 0 Å². The van der Waals surface area contributed by atoms with E-state index in [1.54, 1.807) is 12.4 Å². The van der Waals surface area contributed by atoms with E-state index in [0.717, 1.165) is 16.1 Å². The molecule has 1 aromatic rings. The molecule has 0 bridgehead atoms. The zero-order valence-electron chi connectivity index (χ0n) is 9.85. The van der Waals surface area contributed by atoms with Crippen molar-refractivity contribution < 1.29 is 23.4 Å². The van der Waals surface area contributed by atoms with Crippen molar-refractivity contribution in [1.82, 2.24) is 4.98 Å². The van der Waals surface area contributed by atoms with E-state index in [4.69, 9.17) is 4.74 Å². The Balaban J connectivity index is 1.92. The summed E-state index contributed by atoms with van der Waals surface area (Å²) in [5.41, 5.74) is 0. The van der Waals surface area contributed by atoms with Gasteiger partial charge in [-0.05, 0) is 0 Å². The van der Waals surface area contributed by atoms with Crippen LogP contribution in [-0.4, -0.2) is 19.9 Å². The Bertz CT molecular complexity index is 367. The van der Waals surface area contributed by atoms with E-state index in [1.807, 2.05) is 12.1 Å². The molecule has 1 aromatic heterocycles. The zero-order valence-corrected chi connectivity index (χ0v) is 14.2. The van der Waals surface area contributed by atoms with Gasteiger partial charge in [-0.25, -0.2) is 0 Å². The molecule has 1 aliphatic rings. The number of nitrogens with zero attached hydrogens (tertiary/aromatic N) is 1. The second-order valence-corrected chi connectivity index (χ2v) is 17.0. The molecule has 2 nitrogen and oxygen atoms in total. The first-order valence-corrected chi connectivity index (χ1v) is 15.4. The average molecular weight is 457 g/mol. The Labute approximate surface area is 120 Å². The zero-order chi connectivity index (χ0) is 12.1. The molecule has 95 valence electrons. The van der Waals surface area contributed by atoms with Crippen molar-refractivity contribution in [2.45, 2.75) is 29.3 Å². The molecule has 1 radical (unpaired) electrons. The summed E-state index contributed by atoms with van der Waals surface area (Å²) in [4.78, 5) is 6.45. The first-order valence-electron chi connectivity index (χ1n) is 5.74. The number of aromatic nitrogens is 1. The number of halogens is 2. The molecule has 2 atom stereocenters. The number of allylic oxidation sites excluding steroid dienone is 1. The molecule has 1 heterocycles. The van der Waals surface area contributed by atoms with E-state index in [9.17, 15) is 0 Å². The molecule has 0 spiro atoms. The van der Waals surface area contributed by atoms with Gasteiger partial charge in [0.1, 0.15) is 0 Å². The van der Waals surface area contributed by atoms with Crippen LogP contribution in [0.2, 0.25) is 0 Å². The first kappa shape index (κ1) is 13.6. The standard InChI is InChI=1S/C13H17I2NO/c1-15(14)11-3-2-4-12(6-5-11)17-13-7-9-16-10-8-13/h2,4,7-12H,3,5-6H2,1H3/q-1. The molecule has 4 heteroatoms. The van der Waals surface area contributed by atoms with E-state index in [0.29, 0.717) is 0 Å². The van der Waals surface area contributed by atoms with Gasteiger partial charge >= 0.3 is 121 Å². The maximum absolute atomic E-state index is 5.95. The van der Waals surface area contributed by atoms with Gasteiger partial charge in [0.05, 0.1) is 0 Å². The van der Waals surface area contributed by atoms with E-state index < -0.39 is 15.8 Å². The SMILES string of the molecule is CI([I-])C1CC=CC(Oc2ccncc2)CC1. The topological polar surface area (TPSA) is 22.1 Å². The minimum atomic E-state index is -0.703. The Morgan fingerprint density at radius 3 is 2.82 bits per heavy atom. The van der Waals surface area contributed by atoms with Crippen LogP contribution in [0.25, 0.3) is 0 Å². The predicted octanol–water partition coefficient (Wildman–Crippen LogP) is 0.542. The number of hydrogen-bond acceptors (Lipinski definition) is 2. The van der Waals surface area contributed by atoms with Crippen LogP contribution in [0.1, 0.15) is 19.3 Å². The third-order valence-electron chi connectivity index (χ3n) is 2.87. The Hall–Kier alpha value is 0.150. The fourth-order valence-electron chi connectivity index (χ4n) is 1.90. The van der Waals surface area contributed by atoms with E-state index in [2.05, 4.69) is 40.7 Å². The van der Waals surface area contributed by atoms with Crippen molar-refractivity contribution in [2.75, 3.05) is 4.93 Å². The van der Waals surface area contributed by atoms with Crippen LogP contribution in [0, 0.1) is 0 Å². The number of hydrogen-bond donors (Lipinski definition) is 0. The summed E-state index contributed by atoms with van der Waals surface area (Å²) in [6.45, 7) is 0. The van der Waals surface area contributed by atoms with Gasteiger partial charge in [-0.2, -0.15) is 0 Å². The van der Waals surface area contributed by atoms with Gasteiger partial charge in [0.2, 0.25) is 0 Å². The van der Waals surface area contributed by atoms with Crippen molar-refractivity contribution in [3.8, 4) is 5.75 Å². The fraction of sp³-hybridized carbons (Fsp3) is 0.462. The molecular weight excluding hydrogens is 440 g/mol. The normalized spacial score (nSPS) is 25.2. The average Bonchev–Trinajstić information content (AvgIpc) is 2.56. The number of ether oxygens (including phenoxy) is 1. The third kappa shape index (κ3) is 4.39. The van der Waals surface area contributed by atoms with Crippen molar-refractivity contribution >= 4 is 15.8 Å². The van der Waals surface area contributed by atoms with Crippen LogP contribution in [0.5, 0.6) is 5.75 Å². The summed E-state index contributed by atoms with van der Waals surface area (Å²) in [7, 11) is 0. The van der Waals surface area contributed by atoms with Crippen LogP contribution < -0.4 is 23.4 Å². The number of rotatable bonds is 3. The molecule has 17 heavy (non-hydrogen) atoms. The first-order chi connectivity index (χ1) is 8.25. The summed E-state index contributed by atoms with van der Waals surface area (Å²) >= 11 is 1.98. The molecule has 0 saturated heterocycles. The van der Waals surface area contributed by atoms with Gasteiger partial charge in [0.15, 0.2) is 0 Å². The van der Waals surface area contributed by atoms with E-state index in [1.165, 1.54) is 12.8 Å². The van der Waals surface area contributed by atoms with Crippen LogP contribution in [-0.2, 0) is 0 Å². The van der Waals surface area contributed by atoms with Crippen molar-refractivity contribution in [3.05, 3.63) is 36.7 Å². The van der Waals surface area contributed by atoms with Gasteiger partial charge in [0, 0.05) is 0 Å². The summed E-state index contributed by atoms with van der Waals surface area (Å²) in [5.74, 6) is 0.925. The van der Waals surface area contributed by atoms with Crippen LogP contribution >= 0.6 is 15.8 Å². The molecule has 0 aliphatic heterocycles. The Kier molecular flexibility index (Phi) is 5.52. The van der Waals surface area contributed by atoms with Crippen molar-refractivity contribution in [2.24, 2.45) is 0 Å². The summed E-state index contributed by atoms with van der Waals surface area (Å²) in [6, 6.07) is 3.85. The van der Waals surface area contributed by atoms with Crippen LogP contribution in [0.15, 0.2) is 36.7 Å². The van der Waals surface area contributed by atoms with E-state index >= 15 is 0 Å². The second-order valence-electron chi connectivity index (χ2n) is 4.12. The number of alkyl halides is 2. The molecule has 0 N–H and O–H groups in total. The summed E-state index contributed by atoms with van der Waals surface area (Å²) < 4.78 is 6.90. The van der Waals surface area contributed by atoms with E-state index in [-0.39, 0.29) is 6.10 Å². The molecular formula is C13H17I2NO-.